The first kappa shape index (κ1) is 17.7. The van der Waals surface area contributed by atoms with Gasteiger partial charge in [0.2, 0.25) is 5.91 Å². The zero-order valence-electron chi connectivity index (χ0n) is 15.3. The predicted octanol–water partition coefficient (Wildman–Crippen LogP) is 1.24. The number of likely N-dealkylation sites (tertiary alicyclic amines) is 1. The normalized spacial score (nSPS) is 27.5. The van der Waals surface area contributed by atoms with Crippen molar-refractivity contribution >= 4 is 5.91 Å². The highest BCUT2D eigenvalue weighted by Crippen LogP contribution is 2.42. The van der Waals surface area contributed by atoms with E-state index in [1.165, 1.54) is 18.9 Å². The number of carbonyl (C=O) groups is 1. The molecule has 6 heteroatoms. The van der Waals surface area contributed by atoms with Gasteiger partial charge < -0.3 is 14.6 Å². The number of aryl methyl sites for hydroxylation is 1. The second-order valence-electron chi connectivity index (χ2n) is 7.96. The zero-order chi connectivity index (χ0) is 17.9. The summed E-state index contributed by atoms with van der Waals surface area (Å²) in [5.41, 5.74) is -0.0530. The van der Waals surface area contributed by atoms with E-state index in [0.717, 1.165) is 45.1 Å². The summed E-state index contributed by atoms with van der Waals surface area (Å²) in [6.07, 6.45) is 6.92. The zero-order valence-corrected chi connectivity index (χ0v) is 15.3. The Morgan fingerprint density at radius 3 is 2.69 bits per heavy atom. The molecule has 6 nitrogen and oxygen atoms in total. The van der Waals surface area contributed by atoms with Crippen LogP contribution in [0.2, 0.25) is 0 Å². The van der Waals surface area contributed by atoms with Crippen molar-refractivity contribution in [3.63, 3.8) is 0 Å². The molecule has 3 aliphatic rings. The van der Waals surface area contributed by atoms with Crippen molar-refractivity contribution < 1.29 is 9.53 Å². The topological polar surface area (TPSA) is 63.6 Å². The quantitative estimate of drug-likeness (QED) is 0.830. The van der Waals surface area contributed by atoms with Crippen LogP contribution in [-0.2, 0) is 16.1 Å². The standard InChI is InChI=1S/C20H29N3O3/c24-19(6-10-22-9-2-1-3-20(22)25)21-18-14-23(13-17(18)15-4-5-15)16-7-11-26-12-8-16/h1-3,9,15-18H,4-8,10-14H2,(H,21,24)/t17-,18+/m1/s1. The molecule has 1 saturated carbocycles. The van der Waals surface area contributed by atoms with Crippen LogP contribution in [0.4, 0.5) is 0 Å². The Kier molecular flexibility index (Phi) is 5.41. The Morgan fingerprint density at radius 2 is 1.96 bits per heavy atom. The Bertz CT molecular complexity index is 679. The van der Waals surface area contributed by atoms with Crippen molar-refractivity contribution in [3.05, 3.63) is 34.7 Å². The first-order valence-electron chi connectivity index (χ1n) is 9.97. The number of nitrogens with zero attached hydrogens (tertiary/aromatic N) is 2. The third-order valence-corrected chi connectivity index (χ3v) is 6.15. The highest BCUT2D eigenvalue weighted by atomic mass is 16.5. The van der Waals surface area contributed by atoms with Gasteiger partial charge in [0.05, 0.1) is 0 Å². The maximum Gasteiger partial charge on any atom is 0.250 e. The largest absolute Gasteiger partial charge is 0.381 e. The maximum atomic E-state index is 12.5. The van der Waals surface area contributed by atoms with E-state index >= 15 is 0 Å². The molecule has 2 aliphatic heterocycles. The monoisotopic (exact) mass is 359 g/mol. The highest BCUT2D eigenvalue weighted by molar-refractivity contribution is 5.76. The third kappa shape index (κ3) is 4.18. The third-order valence-electron chi connectivity index (χ3n) is 6.15. The molecule has 1 aliphatic carbocycles. The van der Waals surface area contributed by atoms with Crippen LogP contribution in [0.15, 0.2) is 29.2 Å². The molecule has 0 radical (unpaired) electrons. The van der Waals surface area contributed by atoms with Crippen LogP contribution in [0, 0.1) is 11.8 Å². The van der Waals surface area contributed by atoms with Crippen LogP contribution >= 0.6 is 0 Å². The van der Waals surface area contributed by atoms with Gasteiger partial charge in [-0.1, -0.05) is 6.07 Å². The average molecular weight is 359 g/mol. The van der Waals surface area contributed by atoms with Gasteiger partial charge in [-0.05, 0) is 43.6 Å². The fourth-order valence-corrected chi connectivity index (χ4v) is 4.51. The highest BCUT2D eigenvalue weighted by Gasteiger charge is 2.44. The van der Waals surface area contributed by atoms with Gasteiger partial charge in [-0.15, -0.1) is 0 Å². The number of hydrogen-bond donors (Lipinski definition) is 1. The first-order valence-corrected chi connectivity index (χ1v) is 9.97. The summed E-state index contributed by atoms with van der Waals surface area (Å²) in [5, 5.41) is 3.28. The lowest BCUT2D eigenvalue weighted by Gasteiger charge is -2.31. The molecule has 142 valence electrons. The van der Waals surface area contributed by atoms with Crippen LogP contribution in [0.3, 0.4) is 0 Å². The molecule has 1 aromatic rings. The summed E-state index contributed by atoms with van der Waals surface area (Å²) in [7, 11) is 0. The van der Waals surface area contributed by atoms with Crippen molar-refractivity contribution in [2.75, 3.05) is 26.3 Å². The maximum absolute atomic E-state index is 12.5. The average Bonchev–Trinajstić information content (AvgIpc) is 3.42. The molecular formula is C20H29N3O3. The van der Waals surface area contributed by atoms with Crippen molar-refractivity contribution in [3.8, 4) is 0 Å². The Morgan fingerprint density at radius 1 is 1.15 bits per heavy atom. The van der Waals surface area contributed by atoms with Crippen LogP contribution in [0.25, 0.3) is 0 Å². The molecule has 3 heterocycles. The number of nitrogens with one attached hydrogen (secondary N) is 1. The van der Waals surface area contributed by atoms with E-state index in [1.54, 1.807) is 16.8 Å². The van der Waals surface area contributed by atoms with Crippen LogP contribution in [0.1, 0.15) is 32.1 Å². The number of hydrogen-bond acceptors (Lipinski definition) is 4. The van der Waals surface area contributed by atoms with Gasteiger partial charge in [0.25, 0.3) is 5.56 Å². The number of amides is 1. The molecule has 0 bridgehead atoms. The molecule has 3 fully saturated rings. The van der Waals surface area contributed by atoms with Gasteiger partial charge in [0.1, 0.15) is 0 Å². The van der Waals surface area contributed by atoms with E-state index in [2.05, 4.69) is 10.2 Å². The van der Waals surface area contributed by atoms with Gasteiger partial charge in [0.15, 0.2) is 0 Å². The minimum absolute atomic E-state index is 0.0530. The molecule has 0 unspecified atom stereocenters. The van der Waals surface area contributed by atoms with Gasteiger partial charge in [-0.3, -0.25) is 14.5 Å². The van der Waals surface area contributed by atoms with Crippen molar-refractivity contribution in [2.24, 2.45) is 11.8 Å². The minimum Gasteiger partial charge on any atom is -0.381 e. The second-order valence-corrected chi connectivity index (χ2v) is 7.96. The van der Waals surface area contributed by atoms with Crippen molar-refractivity contribution in [2.45, 2.75) is 50.7 Å². The smallest absolute Gasteiger partial charge is 0.250 e. The summed E-state index contributed by atoms with van der Waals surface area (Å²) in [6.45, 7) is 4.23. The molecule has 2 saturated heterocycles. The Hall–Kier alpha value is -1.66. The van der Waals surface area contributed by atoms with E-state index in [9.17, 15) is 9.59 Å². The molecular weight excluding hydrogens is 330 g/mol. The molecule has 1 aromatic heterocycles. The summed E-state index contributed by atoms with van der Waals surface area (Å²) >= 11 is 0. The second kappa shape index (κ2) is 7.92. The molecule has 1 N–H and O–H groups in total. The number of carbonyl (C=O) groups excluding carboxylic acids is 1. The lowest BCUT2D eigenvalue weighted by molar-refractivity contribution is -0.122. The number of aromatic nitrogens is 1. The number of rotatable bonds is 6. The van der Waals surface area contributed by atoms with Crippen LogP contribution < -0.4 is 10.9 Å². The van der Waals surface area contributed by atoms with Crippen molar-refractivity contribution in [1.82, 2.24) is 14.8 Å². The van der Waals surface area contributed by atoms with Crippen molar-refractivity contribution in [1.29, 1.82) is 0 Å². The lowest BCUT2D eigenvalue weighted by atomic mass is 9.98. The number of pyridine rings is 1. The Labute approximate surface area is 154 Å². The predicted molar refractivity (Wildman–Crippen MR) is 98.9 cm³/mol. The molecule has 2 atom stereocenters. The molecule has 4 rings (SSSR count). The summed E-state index contributed by atoms with van der Waals surface area (Å²) in [4.78, 5) is 26.8. The van der Waals surface area contributed by atoms with Gasteiger partial charge >= 0.3 is 0 Å². The fraction of sp³-hybridized carbons (Fsp3) is 0.700. The van der Waals surface area contributed by atoms with E-state index < -0.39 is 0 Å². The van der Waals surface area contributed by atoms with E-state index in [4.69, 9.17) is 4.74 Å². The van der Waals surface area contributed by atoms with Gasteiger partial charge in [-0.2, -0.15) is 0 Å². The molecule has 0 spiro atoms. The van der Waals surface area contributed by atoms with E-state index in [-0.39, 0.29) is 17.5 Å². The fourth-order valence-electron chi connectivity index (χ4n) is 4.51. The molecule has 26 heavy (non-hydrogen) atoms. The van der Waals surface area contributed by atoms with E-state index in [0.29, 0.717) is 24.9 Å². The number of ether oxygens (including phenoxy) is 1. The summed E-state index contributed by atoms with van der Waals surface area (Å²) in [6, 6.07) is 5.94. The van der Waals surface area contributed by atoms with E-state index in [1.807, 2.05) is 6.07 Å². The molecule has 0 aromatic carbocycles. The minimum atomic E-state index is -0.0530. The SMILES string of the molecule is O=C(CCn1ccccc1=O)N[C@H]1CN(C2CCOCC2)C[C@@H]1C1CC1. The summed E-state index contributed by atoms with van der Waals surface area (Å²) < 4.78 is 7.09. The molecule has 1 amide bonds. The first-order chi connectivity index (χ1) is 12.7. The Balaban J connectivity index is 1.32. The van der Waals surface area contributed by atoms with Crippen LogP contribution in [0.5, 0.6) is 0 Å². The van der Waals surface area contributed by atoms with Crippen LogP contribution in [-0.4, -0.2) is 53.8 Å². The summed E-state index contributed by atoms with van der Waals surface area (Å²) in [5.74, 6) is 1.42. The lowest BCUT2D eigenvalue weighted by Crippen LogP contribution is -2.43. The van der Waals surface area contributed by atoms with Gasteiger partial charge in [0, 0.05) is 63.6 Å². The van der Waals surface area contributed by atoms with Gasteiger partial charge in [-0.25, -0.2) is 0 Å².